The van der Waals surface area contributed by atoms with Gasteiger partial charge in [-0.2, -0.15) is 0 Å². The highest BCUT2D eigenvalue weighted by Gasteiger charge is 2.41. The average molecular weight is 396 g/mol. The van der Waals surface area contributed by atoms with Crippen LogP contribution in [0.5, 0.6) is 5.75 Å². The Morgan fingerprint density at radius 3 is 2.83 bits per heavy atom. The second-order valence-electron chi connectivity index (χ2n) is 7.62. The zero-order chi connectivity index (χ0) is 20.5. The minimum absolute atomic E-state index is 0.0216. The van der Waals surface area contributed by atoms with E-state index in [0.717, 1.165) is 30.9 Å². The smallest absolute Gasteiger partial charge is 0.269 e. The number of likely N-dealkylation sites (N-methyl/N-ethyl adjacent to an activating group) is 1. The number of fused-ring (bicyclic) bond motifs is 3. The maximum atomic E-state index is 13.2. The number of piperazine rings is 1. The standard InChI is InChI=1S/C21H24N4O4/c1-23-8-9-24-19-7-6-16(25(27)28)10-14(19)11-18(20(24)13-23)21(26)22-15-4-3-5-17(12-15)29-2/h3-7,10,12,18,20H,8-9,11,13H2,1-2H3,(H,22,26)/t18-,20+/m1/s1. The number of non-ortho nitro benzene ring substituents is 1. The molecule has 0 aromatic heterocycles. The predicted molar refractivity (Wildman–Crippen MR) is 111 cm³/mol. The number of ether oxygens (including phenoxy) is 1. The molecule has 0 bridgehead atoms. The Bertz CT molecular complexity index is 948. The van der Waals surface area contributed by atoms with Gasteiger partial charge in [0.05, 0.1) is 24.0 Å². The van der Waals surface area contributed by atoms with Crippen LogP contribution in [0.15, 0.2) is 42.5 Å². The van der Waals surface area contributed by atoms with Gasteiger partial charge in [0, 0.05) is 49.2 Å². The molecule has 0 saturated carbocycles. The first-order valence-electron chi connectivity index (χ1n) is 9.63. The molecule has 152 valence electrons. The van der Waals surface area contributed by atoms with Gasteiger partial charge in [0.25, 0.3) is 5.69 Å². The quantitative estimate of drug-likeness (QED) is 0.631. The molecule has 0 spiro atoms. The van der Waals surface area contributed by atoms with Crippen LogP contribution in [-0.2, 0) is 11.2 Å². The molecule has 0 aliphatic carbocycles. The largest absolute Gasteiger partial charge is 0.497 e. The normalized spacial score (nSPS) is 21.1. The van der Waals surface area contributed by atoms with Crippen molar-refractivity contribution < 1.29 is 14.5 Å². The number of hydrogen-bond donors (Lipinski definition) is 1. The third kappa shape index (κ3) is 3.75. The molecule has 1 amide bonds. The highest BCUT2D eigenvalue weighted by atomic mass is 16.6. The third-order valence-electron chi connectivity index (χ3n) is 5.78. The number of hydrogen-bond acceptors (Lipinski definition) is 6. The number of carbonyl (C=O) groups is 1. The fourth-order valence-electron chi connectivity index (χ4n) is 4.30. The van der Waals surface area contributed by atoms with Crippen molar-refractivity contribution in [2.45, 2.75) is 12.5 Å². The summed E-state index contributed by atoms with van der Waals surface area (Å²) in [6.45, 7) is 2.44. The maximum Gasteiger partial charge on any atom is 0.269 e. The van der Waals surface area contributed by atoms with E-state index in [0.29, 0.717) is 17.9 Å². The van der Waals surface area contributed by atoms with Gasteiger partial charge in [0.2, 0.25) is 5.91 Å². The summed E-state index contributed by atoms with van der Waals surface area (Å²) in [4.78, 5) is 28.5. The van der Waals surface area contributed by atoms with Crippen LogP contribution in [0.2, 0.25) is 0 Å². The Labute approximate surface area is 169 Å². The zero-order valence-electron chi connectivity index (χ0n) is 16.5. The SMILES string of the molecule is COc1cccc(NC(=O)[C@@H]2Cc3cc([N+](=O)[O-])ccc3N3CCN(C)C[C@@H]23)c1. The van der Waals surface area contributed by atoms with Crippen molar-refractivity contribution in [3.8, 4) is 5.75 Å². The summed E-state index contributed by atoms with van der Waals surface area (Å²) in [5.74, 6) is 0.283. The van der Waals surface area contributed by atoms with Crippen molar-refractivity contribution in [3.63, 3.8) is 0 Å². The molecule has 29 heavy (non-hydrogen) atoms. The number of rotatable bonds is 4. The summed E-state index contributed by atoms with van der Waals surface area (Å²) >= 11 is 0. The van der Waals surface area contributed by atoms with Crippen LogP contribution in [0.25, 0.3) is 0 Å². The van der Waals surface area contributed by atoms with Crippen molar-refractivity contribution >= 4 is 23.0 Å². The minimum atomic E-state index is -0.387. The Balaban J connectivity index is 1.65. The molecule has 0 unspecified atom stereocenters. The number of anilines is 2. The molecule has 1 N–H and O–H groups in total. The second-order valence-corrected chi connectivity index (χ2v) is 7.62. The van der Waals surface area contributed by atoms with E-state index in [-0.39, 0.29) is 28.5 Å². The first kappa shape index (κ1) is 19.2. The molecule has 2 aromatic rings. The van der Waals surface area contributed by atoms with Gasteiger partial charge in [-0.15, -0.1) is 0 Å². The first-order chi connectivity index (χ1) is 14.0. The molecular weight excluding hydrogens is 372 g/mol. The van der Waals surface area contributed by atoms with E-state index < -0.39 is 0 Å². The molecule has 2 aliphatic heterocycles. The second kappa shape index (κ2) is 7.71. The highest BCUT2D eigenvalue weighted by molar-refractivity contribution is 5.94. The summed E-state index contributed by atoms with van der Waals surface area (Å²) in [5, 5.41) is 14.2. The number of nitro groups is 1. The van der Waals surface area contributed by atoms with Crippen LogP contribution in [-0.4, -0.2) is 55.6 Å². The van der Waals surface area contributed by atoms with Crippen LogP contribution < -0.4 is 15.0 Å². The zero-order valence-corrected chi connectivity index (χ0v) is 16.5. The average Bonchev–Trinajstić information content (AvgIpc) is 2.72. The number of nitro benzene ring substituents is 1. The lowest BCUT2D eigenvalue weighted by molar-refractivity contribution is -0.384. The number of methoxy groups -OCH3 is 1. The van der Waals surface area contributed by atoms with E-state index in [1.807, 2.05) is 24.3 Å². The predicted octanol–water partition coefficient (Wildman–Crippen LogP) is 2.53. The summed E-state index contributed by atoms with van der Waals surface area (Å²) in [5.41, 5.74) is 2.59. The summed E-state index contributed by atoms with van der Waals surface area (Å²) in [6.07, 6.45) is 0.474. The molecule has 8 heteroatoms. The number of nitrogens with zero attached hydrogens (tertiary/aromatic N) is 3. The topological polar surface area (TPSA) is 87.9 Å². The molecule has 1 saturated heterocycles. The van der Waals surface area contributed by atoms with Crippen molar-refractivity contribution in [1.29, 1.82) is 0 Å². The first-order valence-corrected chi connectivity index (χ1v) is 9.63. The number of benzene rings is 2. The Morgan fingerprint density at radius 1 is 1.24 bits per heavy atom. The van der Waals surface area contributed by atoms with Gasteiger partial charge in [-0.05, 0) is 37.2 Å². The molecule has 2 heterocycles. The van der Waals surface area contributed by atoms with Gasteiger partial charge in [0.1, 0.15) is 5.75 Å². The Kier molecular flexibility index (Phi) is 5.10. The molecule has 1 fully saturated rings. The molecule has 0 radical (unpaired) electrons. The van der Waals surface area contributed by atoms with E-state index in [1.165, 1.54) is 0 Å². The molecule has 8 nitrogen and oxygen atoms in total. The fraction of sp³-hybridized carbons (Fsp3) is 0.381. The lowest BCUT2D eigenvalue weighted by Crippen LogP contribution is -2.59. The van der Waals surface area contributed by atoms with Gasteiger partial charge in [-0.3, -0.25) is 14.9 Å². The third-order valence-corrected chi connectivity index (χ3v) is 5.78. The van der Waals surface area contributed by atoms with E-state index >= 15 is 0 Å². The molecular formula is C21H24N4O4. The van der Waals surface area contributed by atoms with Gasteiger partial charge >= 0.3 is 0 Å². The van der Waals surface area contributed by atoms with Gasteiger partial charge < -0.3 is 19.9 Å². The van der Waals surface area contributed by atoms with Gasteiger partial charge in [-0.25, -0.2) is 0 Å². The van der Waals surface area contributed by atoms with Crippen LogP contribution in [0.1, 0.15) is 5.56 Å². The Hall–Kier alpha value is -3.13. The van der Waals surface area contributed by atoms with Crippen LogP contribution in [0.4, 0.5) is 17.1 Å². The van der Waals surface area contributed by atoms with Crippen LogP contribution in [0, 0.1) is 16.0 Å². The number of nitrogens with one attached hydrogen (secondary N) is 1. The van der Waals surface area contributed by atoms with Crippen molar-refractivity contribution in [3.05, 3.63) is 58.1 Å². The maximum absolute atomic E-state index is 13.2. The monoisotopic (exact) mass is 396 g/mol. The van der Waals surface area contributed by atoms with Crippen LogP contribution in [0.3, 0.4) is 0 Å². The molecule has 2 aromatic carbocycles. The van der Waals surface area contributed by atoms with E-state index in [9.17, 15) is 14.9 Å². The van der Waals surface area contributed by atoms with E-state index in [4.69, 9.17) is 4.74 Å². The summed E-state index contributed by atoms with van der Waals surface area (Å²) in [6, 6.07) is 12.3. The van der Waals surface area contributed by atoms with Crippen molar-refractivity contribution in [1.82, 2.24) is 4.90 Å². The minimum Gasteiger partial charge on any atom is -0.497 e. The molecule has 2 aliphatic rings. The lowest BCUT2D eigenvalue weighted by Gasteiger charge is -2.48. The molecule has 4 rings (SSSR count). The Morgan fingerprint density at radius 2 is 2.07 bits per heavy atom. The van der Waals surface area contributed by atoms with Gasteiger partial charge in [-0.1, -0.05) is 6.07 Å². The van der Waals surface area contributed by atoms with Crippen molar-refractivity contribution in [2.24, 2.45) is 5.92 Å². The summed E-state index contributed by atoms with van der Waals surface area (Å²) in [7, 11) is 3.64. The summed E-state index contributed by atoms with van der Waals surface area (Å²) < 4.78 is 5.23. The number of amides is 1. The van der Waals surface area contributed by atoms with Crippen LogP contribution >= 0.6 is 0 Å². The van der Waals surface area contributed by atoms with E-state index in [2.05, 4.69) is 22.2 Å². The number of carbonyl (C=O) groups excluding carboxylic acids is 1. The van der Waals surface area contributed by atoms with Gasteiger partial charge in [0.15, 0.2) is 0 Å². The van der Waals surface area contributed by atoms with E-state index in [1.54, 1.807) is 25.3 Å². The van der Waals surface area contributed by atoms with Crippen molar-refractivity contribution in [2.75, 3.05) is 44.0 Å². The lowest BCUT2D eigenvalue weighted by atomic mass is 9.83. The molecule has 2 atom stereocenters. The highest BCUT2D eigenvalue weighted by Crippen LogP contribution is 2.38. The fourth-order valence-corrected chi connectivity index (χ4v) is 4.30.